The summed E-state index contributed by atoms with van der Waals surface area (Å²) in [6.45, 7) is 4.26. The topological polar surface area (TPSA) is 108 Å². The normalized spacial score (nSPS) is 10.0. The van der Waals surface area contributed by atoms with Crippen LogP contribution in [0.15, 0.2) is 12.1 Å². The van der Waals surface area contributed by atoms with Gasteiger partial charge in [-0.25, -0.2) is 4.79 Å². The van der Waals surface area contributed by atoms with Gasteiger partial charge in [0, 0.05) is 13.0 Å². The zero-order chi connectivity index (χ0) is 17.2. The maximum atomic E-state index is 11.9. The molecular weight excluding hydrogens is 300 g/mol. The van der Waals surface area contributed by atoms with E-state index < -0.39 is 6.09 Å². The van der Waals surface area contributed by atoms with Gasteiger partial charge in [-0.2, -0.15) is 0 Å². The Morgan fingerprint density at radius 3 is 2.43 bits per heavy atom. The predicted molar refractivity (Wildman–Crippen MR) is 83.8 cm³/mol. The number of benzene rings is 1. The molecule has 7 nitrogen and oxygen atoms in total. The number of amides is 2. The summed E-state index contributed by atoms with van der Waals surface area (Å²) in [5.41, 5.74) is 7.27. The fourth-order valence-corrected chi connectivity index (χ4v) is 2.16. The van der Waals surface area contributed by atoms with Crippen LogP contribution in [0.25, 0.3) is 0 Å². The van der Waals surface area contributed by atoms with Gasteiger partial charge in [0.1, 0.15) is 12.4 Å². The molecule has 2 amide bonds. The van der Waals surface area contributed by atoms with E-state index in [9.17, 15) is 14.4 Å². The van der Waals surface area contributed by atoms with Gasteiger partial charge in [0.15, 0.2) is 0 Å². The molecule has 0 aliphatic heterocycles. The minimum absolute atomic E-state index is 0.0783. The lowest BCUT2D eigenvalue weighted by Crippen LogP contribution is -2.14. The van der Waals surface area contributed by atoms with Crippen LogP contribution in [-0.2, 0) is 20.9 Å². The molecule has 0 aliphatic carbocycles. The third kappa shape index (κ3) is 6.82. The first-order chi connectivity index (χ1) is 10.9. The summed E-state index contributed by atoms with van der Waals surface area (Å²) in [7, 11) is 0. The standard InChI is InChI=1S/C16H22N2O5/c1-11-7-13(9-22-16(17)21)8-12(2)15(11)23-14(20)5-3-4-6-18-10-19/h7-8,10H,3-6,9H2,1-2H3,(H2,17,21)(H,18,19). The summed E-state index contributed by atoms with van der Waals surface area (Å²) in [4.78, 5) is 32.6. The molecule has 7 heteroatoms. The van der Waals surface area contributed by atoms with Crippen molar-refractivity contribution in [1.29, 1.82) is 0 Å². The second kappa shape index (κ2) is 9.45. The zero-order valence-corrected chi connectivity index (χ0v) is 13.4. The Balaban J connectivity index is 2.57. The lowest BCUT2D eigenvalue weighted by Gasteiger charge is -2.13. The Morgan fingerprint density at radius 2 is 1.87 bits per heavy atom. The largest absolute Gasteiger partial charge is 0.445 e. The molecule has 0 unspecified atom stereocenters. The third-order valence-corrected chi connectivity index (χ3v) is 3.15. The van der Waals surface area contributed by atoms with Crippen LogP contribution in [0, 0.1) is 13.8 Å². The summed E-state index contributed by atoms with van der Waals surface area (Å²) in [6.07, 6.45) is 1.44. The number of nitrogens with two attached hydrogens (primary N) is 1. The van der Waals surface area contributed by atoms with Gasteiger partial charge >= 0.3 is 12.1 Å². The number of ether oxygens (including phenoxy) is 2. The van der Waals surface area contributed by atoms with Crippen molar-refractivity contribution in [2.24, 2.45) is 5.73 Å². The van der Waals surface area contributed by atoms with Gasteiger partial charge in [-0.15, -0.1) is 0 Å². The van der Waals surface area contributed by atoms with Gasteiger partial charge in [-0.05, 0) is 55.5 Å². The van der Waals surface area contributed by atoms with Crippen LogP contribution < -0.4 is 15.8 Å². The number of unbranched alkanes of at least 4 members (excludes halogenated alkanes) is 1. The lowest BCUT2D eigenvalue weighted by atomic mass is 10.1. The van der Waals surface area contributed by atoms with Crippen LogP contribution in [0.4, 0.5) is 4.79 Å². The molecule has 0 spiro atoms. The van der Waals surface area contributed by atoms with E-state index in [1.165, 1.54) is 0 Å². The second-order valence-electron chi connectivity index (χ2n) is 5.17. The highest BCUT2D eigenvalue weighted by Gasteiger charge is 2.12. The molecule has 23 heavy (non-hydrogen) atoms. The minimum atomic E-state index is -0.833. The number of esters is 1. The molecule has 0 fully saturated rings. The van der Waals surface area contributed by atoms with Crippen molar-refractivity contribution >= 4 is 18.5 Å². The van der Waals surface area contributed by atoms with Crippen LogP contribution in [0.1, 0.15) is 36.0 Å². The van der Waals surface area contributed by atoms with Crippen molar-refractivity contribution in [3.63, 3.8) is 0 Å². The summed E-state index contributed by atoms with van der Waals surface area (Å²) >= 11 is 0. The average Bonchev–Trinajstić information content (AvgIpc) is 2.48. The highest BCUT2D eigenvalue weighted by Crippen LogP contribution is 2.25. The van der Waals surface area contributed by atoms with Gasteiger partial charge in [-0.1, -0.05) is 0 Å². The van der Waals surface area contributed by atoms with Crippen molar-refractivity contribution < 1.29 is 23.9 Å². The van der Waals surface area contributed by atoms with Crippen LogP contribution >= 0.6 is 0 Å². The molecule has 0 saturated heterocycles. The molecule has 0 heterocycles. The third-order valence-electron chi connectivity index (χ3n) is 3.15. The molecule has 0 bridgehead atoms. The number of nitrogens with one attached hydrogen (secondary N) is 1. The van der Waals surface area contributed by atoms with Crippen LogP contribution in [0.3, 0.4) is 0 Å². The SMILES string of the molecule is Cc1cc(COC(N)=O)cc(C)c1OC(=O)CCCCNC=O. The van der Waals surface area contributed by atoms with Crippen molar-refractivity contribution in [2.75, 3.05) is 6.54 Å². The van der Waals surface area contributed by atoms with Gasteiger partial charge in [0.25, 0.3) is 0 Å². The van der Waals surface area contributed by atoms with E-state index in [0.29, 0.717) is 25.1 Å². The Hall–Kier alpha value is -2.57. The molecule has 0 aliphatic rings. The summed E-state index contributed by atoms with van der Waals surface area (Å²) in [5.74, 6) is 0.201. The fraction of sp³-hybridized carbons (Fsp3) is 0.438. The van der Waals surface area contributed by atoms with Crippen molar-refractivity contribution in [1.82, 2.24) is 5.32 Å². The van der Waals surface area contributed by atoms with Gasteiger partial charge < -0.3 is 20.5 Å². The minimum Gasteiger partial charge on any atom is -0.445 e. The van der Waals surface area contributed by atoms with Gasteiger partial charge in [-0.3, -0.25) is 9.59 Å². The maximum Gasteiger partial charge on any atom is 0.404 e. The zero-order valence-electron chi connectivity index (χ0n) is 13.4. The summed E-state index contributed by atoms with van der Waals surface area (Å²) in [5, 5.41) is 2.54. The molecule has 1 aromatic rings. The Morgan fingerprint density at radius 1 is 1.22 bits per heavy atom. The molecular formula is C16H22N2O5. The first-order valence-electron chi connectivity index (χ1n) is 7.34. The Bertz CT molecular complexity index is 549. The van der Waals surface area contributed by atoms with Crippen molar-refractivity contribution in [2.45, 2.75) is 39.7 Å². The smallest absolute Gasteiger partial charge is 0.404 e. The highest BCUT2D eigenvalue weighted by atomic mass is 16.5. The number of hydrogen-bond acceptors (Lipinski definition) is 5. The predicted octanol–water partition coefficient (Wildman–Crippen LogP) is 1.72. The number of aryl methyl sites for hydroxylation is 2. The summed E-state index contributed by atoms with van der Waals surface area (Å²) < 4.78 is 10.1. The van der Waals surface area contributed by atoms with Gasteiger partial charge in [0.05, 0.1) is 0 Å². The maximum absolute atomic E-state index is 11.9. The van der Waals surface area contributed by atoms with Crippen LogP contribution in [0.5, 0.6) is 5.75 Å². The van der Waals surface area contributed by atoms with Gasteiger partial charge in [0.2, 0.25) is 6.41 Å². The van der Waals surface area contributed by atoms with Crippen molar-refractivity contribution in [3.8, 4) is 5.75 Å². The molecule has 1 aromatic carbocycles. The monoisotopic (exact) mass is 322 g/mol. The number of hydrogen-bond donors (Lipinski definition) is 2. The lowest BCUT2D eigenvalue weighted by molar-refractivity contribution is -0.134. The molecule has 0 aromatic heterocycles. The molecule has 1 rings (SSSR count). The Labute approximate surface area is 135 Å². The molecule has 0 radical (unpaired) electrons. The number of carbonyl (C=O) groups excluding carboxylic acids is 3. The highest BCUT2D eigenvalue weighted by molar-refractivity contribution is 5.73. The van der Waals surface area contributed by atoms with E-state index in [0.717, 1.165) is 23.1 Å². The molecule has 126 valence electrons. The molecule has 0 atom stereocenters. The second-order valence-corrected chi connectivity index (χ2v) is 5.17. The van der Waals surface area contributed by atoms with E-state index in [1.54, 1.807) is 12.1 Å². The van der Waals surface area contributed by atoms with E-state index in [4.69, 9.17) is 15.2 Å². The first kappa shape index (κ1) is 18.5. The number of primary amides is 1. The fourth-order valence-electron chi connectivity index (χ4n) is 2.16. The van der Waals surface area contributed by atoms with Crippen molar-refractivity contribution in [3.05, 3.63) is 28.8 Å². The first-order valence-corrected chi connectivity index (χ1v) is 7.34. The summed E-state index contributed by atoms with van der Waals surface area (Å²) in [6, 6.07) is 3.57. The number of rotatable bonds is 9. The quantitative estimate of drug-likeness (QED) is 0.311. The van der Waals surface area contributed by atoms with E-state index in [1.807, 2.05) is 13.8 Å². The van der Waals surface area contributed by atoms with Crippen LogP contribution in [0.2, 0.25) is 0 Å². The molecule has 3 N–H and O–H groups in total. The van der Waals surface area contributed by atoms with Crippen LogP contribution in [-0.4, -0.2) is 25.0 Å². The Kier molecular flexibility index (Phi) is 7.59. The molecule has 0 saturated carbocycles. The number of carbonyl (C=O) groups is 3. The average molecular weight is 322 g/mol. The van der Waals surface area contributed by atoms with E-state index >= 15 is 0 Å². The van der Waals surface area contributed by atoms with E-state index in [2.05, 4.69) is 5.32 Å². The van der Waals surface area contributed by atoms with E-state index in [-0.39, 0.29) is 19.0 Å².